The van der Waals surface area contributed by atoms with E-state index >= 15 is 0 Å². The highest BCUT2D eigenvalue weighted by Gasteiger charge is 2.24. The molecule has 0 bridgehead atoms. The Morgan fingerprint density at radius 2 is 1.82 bits per heavy atom. The van der Waals surface area contributed by atoms with Crippen LogP contribution in [0.25, 0.3) is 22.2 Å². The number of aromatic nitrogens is 3. The first-order valence-electron chi connectivity index (χ1n) is 12.3. The average Bonchev–Trinajstić information content (AvgIpc) is 3.57. The second-order valence-electron chi connectivity index (χ2n) is 9.59. The van der Waals surface area contributed by atoms with E-state index in [1.807, 2.05) is 6.07 Å². The Morgan fingerprint density at radius 3 is 2.47 bits per heavy atom. The molecule has 1 saturated carbocycles. The number of hydrogen-bond donors (Lipinski definition) is 2. The molecule has 1 fully saturated rings. The van der Waals surface area contributed by atoms with Crippen molar-refractivity contribution < 1.29 is 17.9 Å². The van der Waals surface area contributed by atoms with Gasteiger partial charge in [0.05, 0.1) is 23.1 Å². The van der Waals surface area contributed by atoms with Crippen LogP contribution < -0.4 is 15.2 Å². The minimum absolute atomic E-state index is 0.0310. The van der Waals surface area contributed by atoms with Crippen LogP contribution >= 0.6 is 0 Å². The number of nitrogens with one attached hydrogen (secondary N) is 1. The van der Waals surface area contributed by atoms with Gasteiger partial charge in [0.25, 0.3) is 15.9 Å². The van der Waals surface area contributed by atoms with Crippen molar-refractivity contribution in [1.29, 1.82) is 0 Å². The Bertz CT molecular complexity index is 1610. The van der Waals surface area contributed by atoms with E-state index < -0.39 is 10.0 Å². The van der Waals surface area contributed by atoms with Crippen LogP contribution in [0.4, 0.5) is 11.5 Å². The number of hydrogen-bond acceptors (Lipinski definition) is 7. The molecule has 0 saturated heterocycles. The Kier molecular flexibility index (Phi) is 6.70. The molecule has 0 aliphatic heterocycles. The quantitative estimate of drug-likeness (QED) is 0.361. The molecule has 38 heavy (non-hydrogen) atoms. The summed E-state index contributed by atoms with van der Waals surface area (Å²) in [5.74, 6) is 0.531. The highest BCUT2D eigenvalue weighted by atomic mass is 32.2. The van der Waals surface area contributed by atoms with Crippen LogP contribution in [0.3, 0.4) is 0 Å². The Balaban J connectivity index is 1.49. The van der Waals surface area contributed by atoms with Gasteiger partial charge in [-0.2, -0.15) is 0 Å². The van der Waals surface area contributed by atoms with Gasteiger partial charge in [0.1, 0.15) is 23.5 Å². The number of rotatable bonds is 7. The minimum atomic E-state index is -3.93. The van der Waals surface area contributed by atoms with Crippen molar-refractivity contribution in [3.8, 4) is 16.9 Å². The van der Waals surface area contributed by atoms with E-state index in [1.54, 1.807) is 26.2 Å². The van der Waals surface area contributed by atoms with Crippen LogP contribution in [0.1, 0.15) is 42.1 Å². The first-order valence-corrected chi connectivity index (χ1v) is 13.8. The number of sulfonamides is 1. The molecule has 1 aliphatic rings. The number of carbonyl (C=O) groups excluding carboxylic acids is 1. The maximum absolute atomic E-state index is 13.1. The van der Waals surface area contributed by atoms with Crippen LogP contribution in [-0.2, 0) is 10.0 Å². The highest BCUT2D eigenvalue weighted by molar-refractivity contribution is 7.92. The Hall–Kier alpha value is -4.12. The number of nitrogens with two attached hydrogens (primary N) is 1. The molecule has 10 nitrogen and oxygen atoms in total. The number of nitrogen functional groups attached to an aromatic ring is 1. The van der Waals surface area contributed by atoms with E-state index in [0.717, 1.165) is 35.0 Å². The molecule has 0 spiro atoms. The smallest absolute Gasteiger partial charge is 0.262 e. The van der Waals surface area contributed by atoms with E-state index in [0.29, 0.717) is 23.2 Å². The summed E-state index contributed by atoms with van der Waals surface area (Å²) < 4.78 is 36.6. The number of fused-ring (bicyclic) bond motifs is 1. The van der Waals surface area contributed by atoms with Crippen LogP contribution in [-0.4, -0.2) is 55.0 Å². The van der Waals surface area contributed by atoms with Crippen molar-refractivity contribution in [1.82, 2.24) is 19.4 Å². The molecule has 2 aromatic carbocycles. The molecule has 1 aliphatic carbocycles. The standard InChI is InChI=1S/C27H30N6O4S/c1-32(2)27(34)17-8-11-20(12-9-17)38(35,36)31-22-13-10-18(14-23(22)37-3)21-15-33(19-6-4-5-7-19)26-24(21)25(28)29-16-30-26/h8-16,19,31H,4-7H2,1-3H3,(H2,28,29,30). The fourth-order valence-corrected chi connectivity index (χ4v) is 6.04. The van der Waals surface area contributed by atoms with Crippen LogP contribution in [0, 0.1) is 0 Å². The van der Waals surface area contributed by atoms with Crippen LogP contribution in [0.2, 0.25) is 0 Å². The third-order valence-corrected chi connectivity index (χ3v) is 8.31. The summed E-state index contributed by atoms with van der Waals surface area (Å²) in [5, 5.41) is 0.766. The molecule has 0 atom stereocenters. The predicted octanol–water partition coefficient (Wildman–Crippen LogP) is 4.31. The summed E-state index contributed by atoms with van der Waals surface area (Å²) in [7, 11) is 0.825. The zero-order chi connectivity index (χ0) is 27.0. The second-order valence-corrected chi connectivity index (χ2v) is 11.3. The summed E-state index contributed by atoms with van der Waals surface area (Å²) in [6.07, 6.45) is 8.06. The zero-order valence-electron chi connectivity index (χ0n) is 21.5. The van der Waals surface area contributed by atoms with Crippen molar-refractivity contribution in [2.24, 2.45) is 0 Å². The van der Waals surface area contributed by atoms with Crippen molar-refractivity contribution in [2.75, 3.05) is 31.7 Å². The molecule has 0 radical (unpaired) electrons. The van der Waals surface area contributed by atoms with Crippen molar-refractivity contribution in [2.45, 2.75) is 36.6 Å². The SMILES string of the molecule is COc1cc(-c2cn(C3CCCC3)c3ncnc(N)c23)ccc1NS(=O)(=O)c1ccc(C(=O)N(C)C)cc1. The second kappa shape index (κ2) is 9.97. The zero-order valence-corrected chi connectivity index (χ0v) is 22.3. The van der Waals surface area contributed by atoms with Crippen molar-refractivity contribution in [3.63, 3.8) is 0 Å². The summed E-state index contributed by atoms with van der Waals surface area (Å²) in [4.78, 5) is 22.3. The number of methoxy groups -OCH3 is 1. The fourth-order valence-electron chi connectivity index (χ4n) is 4.97. The Morgan fingerprint density at radius 1 is 1.11 bits per heavy atom. The number of benzene rings is 2. The van der Waals surface area contributed by atoms with Gasteiger partial charge in [-0.15, -0.1) is 0 Å². The van der Waals surface area contributed by atoms with Gasteiger partial charge in [0.2, 0.25) is 0 Å². The monoisotopic (exact) mass is 534 g/mol. The Labute approximate surface area is 221 Å². The van der Waals surface area contributed by atoms with Gasteiger partial charge in [0.15, 0.2) is 0 Å². The third kappa shape index (κ3) is 4.65. The average molecular weight is 535 g/mol. The van der Waals surface area contributed by atoms with Gasteiger partial charge in [-0.3, -0.25) is 9.52 Å². The molecule has 0 unspecified atom stereocenters. The lowest BCUT2D eigenvalue weighted by atomic mass is 10.1. The topological polar surface area (TPSA) is 132 Å². The number of ether oxygens (including phenoxy) is 1. The van der Waals surface area contributed by atoms with Gasteiger partial charge in [-0.1, -0.05) is 18.9 Å². The van der Waals surface area contributed by atoms with E-state index in [2.05, 4.69) is 25.5 Å². The fraction of sp³-hybridized carbons (Fsp3) is 0.296. The lowest BCUT2D eigenvalue weighted by Crippen LogP contribution is -2.21. The normalized spacial score (nSPS) is 14.1. The number of amides is 1. The van der Waals surface area contributed by atoms with Gasteiger partial charge in [0, 0.05) is 37.5 Å². The molecule has 2 heterocycles. The first kappa shape index (κ1) is 25.5. The molecule has 5 rings (SSSR count). The van der Waals surface area contributed by atoms with Crippen LogP contribution in [0.15, 0.2) is 59.9 Å². The third-order valence-electron chi connectivity index (χ3n) is 6.93. The van der Waals surface area contributed by atoms with E-state index in [1.165, 1.54) is 55.4 Å². The maximum atomic E-state index is 13.1. The molecule has 3 N–H and O–H groups in total. The van der Waals surface area contributed by atoms with Crippen molar-refractivity contribution >= 4 is 38.5 Å². The summed E-state index contributed by atoms with van der Waals surface area (Å²) in [6.45, 7) is 0. The van der Waals surface area contributed by atoms with E-state index in [4.69, 9.17) is 10.5 Å². The number of anilines is 2. The van der Waals surface area contributed by atoms with Gasteiger partial charge >= 0.3 is 0 Å². The molecule has 198 valence electrons. The van der Waals surface area contributed by atoms with Gasteiger partial charge < -0.3 is 19.9 Å². The maximum Gasteiger partial charge on any atom is 0.262 e. The van der Waals surface area contributed by atoms with Gasteiger partial charge in [-0.25, -0.2) is 18.4 Å². The first-order chi connectivity index (χ1) is 18.2. The minimum Gasteiger partial charge on any atom is -0.495 e. The number of nitrogens with zero attached hydrogens (tertiary/aromatic N) is 4. The molecule has 4 aromatic rings. The van der Waals surface area contributed by atoms with Gasteiger partial charge in [-0.05, 0) is 54.8 Å². The highest BCUT2D eigenvalue weighted by Crippen LogP contribution is 2.40. The summed E-state index contributed by atoms with van der Waals surface area (Å²) in [5.41, 5.74) is 9.43. The predicted molar refractivity (Wildman–Crippen MR) is 147 cm³/mol. The number of carbonyl (C=O) groups is 1. The largest absolute Gasteiger partial charge is 0.495 e. The molecule has 2 aromatic heterocycles. The van der Waals surface area contributed by atoms with E-state index in [-0.39, 0.29) is 16.5 Å². The van der Waals surface area contributed by atoms with E-state index in [9.17, 15) is 13.2 Å². The lowest BCUT2D eigenvalue weighted by molar-refractivity contribution is 0.0827. The molecular formula is C27H30N6O4S. The van der Waals surface area contributed by atoms with Crippen LogP contribution in [0.5, 0.6) is 5.75 Å². The molecule has 11 heteroatoms. The summed E-state index contributed by atoms with van der Waals surface area (Å²) in [6, 6.07) is 11.4. The molecule has 1 amide bonds. The summed E-state index contributed by atoms with van der Waals surface area (Å²) >= 11 is 0. The lowest BCUT2D eigenvalue weighted by Gasteiger charge is -2.14. The van der Waals surface area contributed by atoms with Crippen molar-refractivity contribution in [3.05, 3.63) is 60.6 Å². The molecular weight excluding hydrogens is 504 g/mol.